The lowest BCUT2D eigenvalue weighted by atomic mass is 10.0. The van der Waals surface area contributed by atoms with Gasteiger partial charge in [0, 0.05) is 18.3 Å². The highest BCUT2D eigenvalue weighted by Crippen LogP contribution is 2.26. The average molecular weight is 260 g/mol. The monoisotopic (exact) mass is 260 g/mol. The molecule has 1 aliphatic rings. The second-order valence-corrected chi connectivity index (χ2v) is 5.17. The van der Waals surface area contributed by atoms with E-state index in [-0.39, 0.29) is 5.91 Å². The van der Waals surface area contributed by atoms with Crippen molar-refractivity contribution in [1.29, 1.82) is 0 Å². The standard InChI is InChI=1S/C16H24N2O/c1-3-14(4-2)17-12-16(19)18-11-7-9-13-8-5-6-10-15(13)18/h5-6,8,10,14,17H,3-4,7,9,11-12H2,1-2H3. The topological polar surface area (TPSA) is 32.3 Å². The zero-order valence-corrected chi connectivity index (χ0v) is 12.0. The van der Waals surface area contributed by atoms with Gasteiger partial charge in [0.1, 0.15) is 0 Å². The van der Waals surface area contributed by atoms with Crippen molar-refractivity contribution in [3.8, 4) is 0 Å². The molecule has 1 N–H and O–H groups in total. The number of para-hydroxylation sites is 1. The van der Waals surface area contributed by atoms with Crippen LogP contribution in [0.4, 0.5) is 5.69 Å². The Labute approximate surface area is 116 Å². The molecule has 0 fully saturated rings. The number of rotatable bonds is 5. The summed E-state index contributed by atoms with van der Waals surface area (Å²) < 4.78 is 0. The minimum atomic E-state index is 0.194. The molecule has 1 amide bonds. The van der Waals surface area contributed by atoms with E-state index in [2.05, 4.69) is 37.4 Å². The first-order valence-electron chi connectivity index (χ1n) is 7.37. The van der Waals surface area contributed by atoms with Gasteiger partial charge in [0.15, 0.2) is 0 Å². The smallest absolute Gasteiger partial charge is 0.240 e. The summed E-state index contributed by atoms with van der Waals surface area (Å²) in [6.45, 7) is 5.60. The lowest BCUT2D eigenvalue weighted by molar-refractivity contribution is -0.118. The van der Waals surface area contributed by atoms with E-state index >= 15 is 0 Å². The van der Waals surface area contributed by atoms with Gasteiger partial charge in [-0.1, -0.05) is 32.0 Å². The van der Waals surface area contributed by atoms with E-state index in [1.807, 2.05) is 11.0 Å². The fourth-order valence-corrected chi connectivity index (χ4v) is 2.70. The van der Waals surface area contributed by atoms with Gasteiger partial charge in [-0.05, 0) is 37.3 Å². The summed E-state index contributed by atoms with van der Waals surface area (Å²) in [5.41, 5.74) is 2.40. The van der Waals surface area contributed by atoms with E-state index in [0.29, 0.717) is 12.6 Å². The number of aryl methyl sites for hydroxylation is 1. The van der Waals surface area contributed by atoms with Crippen molar-refractivity contribution in [2.45, 2.75) is 45.6 Å². The first-order chi connectivity index (χ1) is 9.26. The Morgan fingerprint density at radius 1 is 1.32 bits per heavy atom. The molecule has 0 spiro atoms. The Bertz CT molecular complexity index is 427. The zero-order valence-electron chi connectivity index (χ0n) is 12.0. The predicted octanol–water partition coefficient (Wildman–Crippen LogP) is 2.74. The molecule has 0 radical (unpaired) electrons. The molecule has 3 heteroatoms. The van der Waals surface area contributed by atoms with Crippen molar-refractivity contribution < 1.29 is 4.79 Å². The quantitative estimate of drug-likeness (QED) is 0.883. The molecule has 0 bridgehead atoms. The number of anilines is 1. The van der Waals surface area contributed by atoms with Crippen LogP contribution in [0.1, 0.15) is 38.7 Å². The second-order valence-electron chi connectivity index (χ2n) is 5.17. The molecule has 3 nitrogen and oxygen atoms in total. The first kappa shape index (κ1) is 14.1. The number of carbonyl (C=O) groups excluding carboxylic acids is 1. The molecule has 0 atom stereocenters. The average Bonchev–Trinajstić information content (AvgIpc) is 2.47. The van der Waals surface area contributed by atoms with E-state index in [4.69, 9.17) is 0 Å². The van der Waals surface area contributed by atoms with Crippen LogP contribution in [0.25, 0.3) is 0 Å². The summed E-state index contributed by atoms with van der Waals surface area (Å²) in [6.07, 6.45) is 4.29. The number of fused-ring (bicyclic) bond motifs is 1. The van der Waals surface area contributed by atoms with Crippen LogP contribution in [0.5, 0.6) is 0 Å². The molecule has 2 rings (SSSR count). The fraction of sp³-hybridized carbons (Fsp3) is 0.562. The van der Waals surface area contributed by atoms with Crippen LogP contribution in [-0.4, -0.2) is 25.0 Å². The fourth-order valence-electron chi connectivity index (χ4n) is 2.70. The molecule has 104 valence electrons. The van der Waals surface area contributed by atoms with Crippen LogP contribution in [0, 0.1) is 0 Å². The normalized spacial score (nSPS) is 14.6. The zero-order chi connectivity index (χ0) is 13.7. The molecule has 1 aromatic rings. The molecular weight excluding hydrogens is 236 g/mol. The van der Waals surface area contributed by atoms with Crippen LogP contribution in [0.3, 0.4) is 0 Å². The number of hydrogen-bond acceptors (Lipinski definition) is 2. The van der Waals surface area contributed by atoms with Gasteiger partial charge < -0.3 is 10.2 Å². The summed E-state index contributed by atoms with van der Waals surface area (Å²) in [5, 5.41) is 3.36. The van der Waals surface area contributed by atoms with Crippen molar-refractivity contribution in [1.82, 2.24) is 5.32 Å². The van der Waals surface area contributed by atoms with Gasteiger partial charge in [-0.2, -0.15) is 0 Å². The summed E-state index contributed by atoms with van der Waals surface area (Å²) in [4.78, 5) is 14.3. The molecule has 0 saturated carbocycles. The Morgan fingerprint density at radius 3 is 2.79 bits per heavy atom. The minimum Gasteiger partial charge on any atom is -0.311 e. The molecule has 19 heavy (non-hydrogen) atoms. The molecule has 0 unspecified atom stereocenters. The molecule has 0 saturated heterocycles. The molecule has 1 heterocycles. The van der Waals surface area contributed by atoms with Crippen LogP contribution in [-0.2, 0) is 11.2 Å². The predicted molar refractivity (Wildman–Crippen MR) is 79.5 cm³/mol. The van der Waals surface area contributed by atoms with Crippen LogP contribution < -0.4 is 10.2 Å². The van der Waals surface area contributed by atoms with Gasteiger partial charge in [0.2, 0.25) is 5.91 Å². The third kappa shape index (κ3) is 3.35. The van der Waals surface area contributed by atoms with E-state index in [1.54, 1.807) is 0 Å². The Hall–Kier alpha value is -1.35. The van der Waals surface area contributed by atoms with Crippen molar-refractivity contribution in [3.05, 3.63) is 29.8 Å². The second kappa shape index (κ2) is 6.71. The van der Waals surface area contributed by atoms with Gasteiger partial charge in [0.25, 0.3) is 0 Å². The van der Waals surface area contributed by atoms with Gasteiger partial charge in [0.05, 0.1) is 6.54 Å². The molecule has 0 aromatic heterocycles. The number of carbonyl (C=O) groups is 1. The number of benzene rings is 1. The maximum absolute atomic E-state index is 12.4. The van der Waals surface area contributed by atoms with E-state index in [0.717, 1.165) is 37.9 Å². The van der Waals surface area contributed by atoms with Gasteiger partial charge >= 0.3 is 0 Å². The summed E-state index contributed by atoms with van der Waals surface area (Å²) in [7, 11) is 0. The van der Waals surface area contributed by atoms with Crippen LogP contribution >= 0.6 is 0 Å². The van der Waals surface area contributed by atoms with Crippen molar-refractivity contribution in [3.63, 3.8) is 0 Å². The lowest BCUT2D eigenvalue weighted by Crippen LogP contribution is -2.43. The summed E-state index contributed by atoms with van der Waals surface area (Å²) in [5.74, 6) is 0.194. The minimum absolute atomic E-state index is 0.194. The van der Waals surface area contributed by atoms with E-state index in [1.165, 1.54) is 5.56 Å². The first-order valence-corrected chi connectivity index (χ1v) is 7.37. The maximum Gasteiger partial charge on any atom is 0.240 e. The summed E-state index contributed by atoms with van der Waals surface area (Å²) in [6, 6.07) is 8.70. The Kier molecular flexibility index (Phi) is 4.97. The molecule has 1 aromatic carbocycles. The number of nitrogens with one attached hydrogen (secondary N) is 1. The number of nitrogens with zero attached hydrogens (tertiary/aromatic N) is 1. The number of hydrogen-bond donors (Lipinski definition) is 1. The lowest BCUT2D eigenvalue weighted by Gasteiger charge is -2.30. The van der Waals surface area contributed by atoms with Crippen molar-refractivity contribution in [2.24, 2.45) is 0 Å². The van der Waals surface area contributed by atoms with E-state index in [9.17, 15) is 4.79 Å². The Balaban J connectivity index is 2.01. The largest absolute Gasteiger partial charge is 0.311 e. The highest BCUT2D eigenvalue weighted by molar-refractivity contribution is 5.95. The van der Waals surface area contributed by atoms with E-state index < -0.39 is 0 Å². The van der Waals surface area contributed by atoms with Gasteiger partial charge in [-0.3, -0.25) is 4.79 Å². The molecular formula is C16H24N2O. The number of amides is 1. The highest BCUT2D eigenvalue weighted by Gasteiger charge is 2.21. The third-order valence-electron chi connectivity index (χ3n) is 3.94. The van der Waals surface area contributed by atoms with Crippen LogP contribution in [0.2, 0.25) is 0 Å². The Morgan fingerprint density at radius 2 is 2.05 bits per heavy atom. The van der Waals surface area contributed by atoms with Crippen LogP contribution in [0.15, 0.2) is 24.3 Å². The molecule has 0 aliphatic carbocycles. The third-order valence-corrected chi connectivity index (χ3v) is 3.94. The van der Waals surface area contributed by atoms with Crippen molar-refractivity contribution in [2.75, 3.05) is 18.0 Å². The SMILES string of the molecule is CCC(CC)NCC(=O)N1CCCc2ccccc21. The molecule has 1 aliphatic heterocycles. The van der Waals surface area contributed by atoms with Crippen molar-refractivity contribution >= 4 is 11.6 Å². The highest BCUT2D eigenvalue weighted by atomic mass is 16.2. The summed E-state index contributed by atoms with van der Waals surface area (Å²) >= 11 is 0. The maximum atomic E-state index is 12.4. The van der Waals surface area contributed by atoms with Gasteiger partial charge in [-0.15, -0.1) is 0 Å². The van der Waals surface area contributed by atoms with Gasteiger partial charge in [-0.25, -0.2) is 0 Å².